The fraction of sp³-hybridized carbons (Fsp3) is 0.150. The van der Waals surface area contributed by atoms with Gasteiger partial charge in [-0.25, -0.2) is 9.78 Å². The highest BCUT2D eigenvalue weighted by molar-refractivity contribution is 5.90. The molecular weight excluding hydrogens is 346 g/mol. The number of aromatic nitrogens is 2. The van der Waals surface area contributed by atoms with Gasteiger partial charge in [-0.3, -0.25) is 0 Å². The first-order valence-corrected chi connectivity index (χ1v) is 8.16. The first-order valence-electron chi connectivity index (χ1n) is 8.16. The van der Waals surface area contributed by atoms with Crippen molar-refractivity contribution in [3.8, 4) is 6.07 Å². The summed E-state index contributed by atoms with van der Waals surface area (Å²) in [5.74, 6) is -0.732. The van der Waals surface area contributed by atoms with Crippen molar-refractivity contribution in [1.82, 2.24) is 9.55 Å². The average Bonchev–Trinajstić information content (AvgIpc) is 3.03. The third-order valence-corrected chi connectivity index (χ3v) is 4.12. The Labute approximate surface area is 155 Å². The molecule has 1 aromatic heterocycles. The molecule has 1 heterocycles. The number of carbonyl (C=O) groups is 1. The number of aryl methyl sites for hydroxylation is 1. The second-order valence-electron chi connectivity index (χ2n) is 5.85. The molecule has 0 aliphatic rings. The van der Waals surface area contributed by atoms with Crippen LogP contribution in [0.15, 0.2) is 54.3 Å². The van der Waals surface area contributed by atoms with Crippen molar-refractivity contribution < 1.29 is 19.7 Å². The SMILES string of the molecule is Cn1c(/C(C#N)=C(\O)COC(=O)c2ccc(CO)cc2)nc2ccccc21. The van der Waals surface area contributed by atoms with Crippen molar-refractivity contribution in [1.29, 1.82) is 5.26 Å². The molecule has 0 unspecified atom stereocenters. The van der Waals surface area contributed by atoms with Crippen LogP contribution in [0.1, 0.15) is 21.7 Å². The van der Waals surface area contributed by atoms with Crippen LogP contribution in [0.4, 0.5) is 0 Å². The Balaban J connectivity index is 1.81. The van der Waals surface area contributed by atoms with Crippen molar-refractivity contribution in [3.63, 3.8) is 0 Å². The van der Waals surface area contributed by atoms with E-state index in [9.17, 15) is 15.2 Å². The van der Waals surface area contributed by atoms with E-state index in [4.69, 9.17) is 9.84 Å². The molecule has 0 spiro atoms. The van der Waals surface area contributed by atoms with Gasteiger partial charge in [0.25, 0.3) is 0 Å². The van der Waals surface area contributed by atoms with Gasteiger partial charge in [-0.2, -0.15) is 5.26 Å². The predicted molar refractivity (Wildman–Crippen MR) is 98.5 cm³/mol. The Bertz CT molecular complexity index is 1060. The number of aliphatic hydroxyl groups excluding tert-OH is 2. The van der Waals surface area contributed by atoms with E-state index in [-0.39, 0.29) is 23.5 Å². The summed E-state index contributed by atoms with van der Waals surface area (Å²) < 4.78 is 6.78. The number of para-hydroxylation sites is 2. The summed E-state index contributed by atoms with van der Waals surface area (Å²) in [6.45, 7) is -0.574. The Morgan fingerprint density at radius 2 is 1.93 bits per heavy atom. The summed E-state index contributed by atoms with van der Waals surface area (Å²) in [6, 6.07) is 15.5. The smallest absolute Gasteiger partial charge is 0.338 e. The average molecular weight is 363 g/mol. The van der Waals surface area contributed by atoms with Crippen LogP contribution in [0, 0.1) is 11.3 Å². The molecule has 0 saturated carbocycles. The summed E-state index contributed by atoms with van der Waals surface area (Å²) in [5, 5.41) is 28.8. The van der Waals surface area contributed by atoms with Gasteiger partial charge >= 0.3 is 5.97 Å². The highest BCUT2D eigenvalue weighted by Crippen LogP contribution is 2.22. The van der Waals surface area contributed by atoms with Crippen molar-refractivity contribution in [3.05, 3.63) is 71.2 Å². The number of esters is 1. The molecule has 0 saturated heterocycles. The monoisotopic (exact) mass is 363 g/mol. The minimum absolute atomic E-state index is 0.0582. The lowest BCUT2D eigenvalue weighted by Gasteiger charge is -2.07. The fourth-order valence-electron chi connectivity index (χ4n) is 2.65. The number of carbonyl (C=O) groups excluding carboxylic acids is 1. The van der Waals surface area contributed by atoms with Gasteiger partial charge < -0.3 is 19.5 Å². The molecule has 7 nitrogen and oxygen atoms in total. The van der Waals surface area contributed by atoms with Crippen LogP contribution in [0.25, 0.3) is 16.6 Å². The Hall–Kier alpha value is -3.63. The van der Waals surface area contributed by atoms with Crippen molar-refractivity contribution >= 4 is 22.6 Å². The topological polar surface area (TPSA) is 108 Å². The van der Waals surface area contributed by atoms with Crippen LogP contribution >= 0.6 is 0 Å². The number of rotatable bonds is 5. The molecule has 3 rings (SSSR count). The molecule has 0 radical (unpaired) electrons. The molecule has 0 amide bonds. The molecule has 0 fully saturated rings. The van der Waals surface area contributed by atoms with Crippen LogP contribution < -0.4 is 0 Å². The van der Waals surface area contributed by atoms with E-state index in [1.165, 1.54) is 12.1 Å². The van der Waals surface area contributed by atoms with E-state index in [0.717, 1.165) is 5.52 Å². The van der Waals surface area contributed by atoms with Gasteiger partial charge in [-0.15, -0.1) is 0 Å². The van der Waals surface area contributed by atoms with Crippen molar-refractivity contribution in [2.75, 3.05) is 6.61 Å². The number of hydrogen-bond acceptors (Lipinski definition) is 6. The largest absolute Gasteiger partial charge is 0.507 e. The molecule has 0 aliphatic heterocycles. The number of benzene rings is 2. The van der Waals surface area contributed by atoms with Gasteiger partial charge in [0.1, 0.15) is 18.2 Å². The number of nitriles is 1. The van der Waals surface area contributed by atoms with Gasteiger partial charge in [-0.1, -0.05) is 24.3 Å². The number of hydrogen-bond donors (Lipinski definition) is 2. The summed E-state index contributed by atoms with van der Waals surface area (Å²) in [5.41, 5.74) is 2.40. The van der Waals surface area contributed by atoms with E-state index < -0.39 is 12.6 Å². The third-order valence-electron chi connectivity index (χ3n) is 4.12. The zero-order chi connectivity index (χ0) is 19.4. The molecule has 7 heteroatoms. The molecule has 0 atom stereocenters. The second kappa shape index (κ2) is 7.72. The highest BCUT2D eigenvalue weighted by Gasteiger charge is 2.17. The lowest BCUT2D eigenvalue weighted by molar-refractivity contribution is 0.0502. The molecule has 0 bridgehead atoms. The van der Waals surface area contributed by atoms with Gasteiger partial charge in [0.05, 0.1) is 23.2 Å². The Kier molecular flexibility index (Phi) is 5.20. The number of aliphatic hydroxyl groups is 2. The zero-order valence-corrected chi connectivity index (χ0v) is 14.6. The standard InChI is InChI=1S/C20H17N3O4/c1-23-17-5-3-2-4-16(17)22-19(23)15(10-21)18(25)12-27-20(26)14-8-6-13(11-24)7-9-14/h2-9,24-25H,11-12H2,1H3/b18-15-. The minimum atomic E-state index is -0.645. The van der Waals surface area contributed by atoms with Gasteiger partial charge in [-0.05, 0) is 29.8 Å². The second-order valence-corrected chi connectivity index (χ2v) is 5.85. The number of imidazole rings is 1. The van der Waals surface area contributed by atoms with Crippen molar-refractivity contribution in [2.24, 2.45) is 7.05 Å². The van der Waals surface area contributed by atoms with E-state index in [2.05, 4.69) is 4.98 Å². The van der Waals surface area contributed by atoms with E-state index in [1.807, 2.05) is 24.3 Å². The third kappa shape index (κ3) is 3.66. The lowest BCUT2D eigenvalue weighted by Crippen LogP contribution is -2.10. The van der Waals surface area contributed by atoms with Gasteiger partial charge in [0.2, 0.25) is 0 Å². The molecule has 2 N–H and O–H groups in total. The van der Waals surface area contributed by atoms with Crippen LogP contribution in [-0.2, 0) is 18.4 Å². The van der Waals surface area contributed by atoms with E-state index in [1.54, 1.807) is 29.8 Å². The lowest BCUT2D eigenvalue weighted by atomic mass is 10.1. The quantitative estimate of drug-likeness (QED) is 0.410. The maximum atomic E-state index is 12.1. The summed E-state index contributed by atoms with van der Waals surface area (Å²) in [6.07, 6.45) is 0. The maximum absolute atomic E-state index is 12.1. The summed E-state index contributed by atoms with van der Waals surface area (Å²) in [4.78, 5) is 16.4. The molecule has 3 aromatic rings. The summed E-state index contributed by atoms with van der Waals surface area (Å²) in [7, 11) is 1.74. The fourth-order valence-corrected chi connectivity index (χ4v) is 2.65. The van der Waals surface area contributed by atoms with Gasteiger partial charge in [0.15, 0.2) is 11.6 Å². The number of allylic oxidation sites excluding steroid dienone is 1. The van der Waals surface area contributed by atoms with E-state index >= 15 is 0 Å². The Morgan fingerprint density at radius 1 is 1.22 bits per heavy atom. The highest BCUT2D eigenvalue weighted by atomic mass is 16.5. The molecule has 2 aromatic carbocycles. The minimum Gasteiger partial charge on any atom is -0.507 e. The Morgan fingerprint density at radius 3 is 2.56 bits per heavy atom. The molecular formula is C20H17N3O4. The first-order chi connectivity index (χ1) is 13.0. The van der Waals surface area contributed by atoms with Crippen LogP contribution in [0.5, 0.6) is 0 Å². The number of ether oxygens (including phenoxy) is 1. The first kappa shape index (κ1) is 18.2. The normalized spacial score (nSPS) is 11.7. The van der Waals surface area contributed by atoms with E-state index in [0.29, 0.717) is 16.9 Å². The number of fused-ring (bicyclic) bond motifs is 1. The van der Waals surface area contributed by atoms with Crippen LogP contribution in [-0.4, -0.2) is 32.3 Å². The maximum Gasteiger partial charge on any atom is 0.338 e. The molecule has 136 valence electrons. The summed E-state index contributed by atoms with van der Waals surface area (Å²) >= 11 is 0. The van der Waals surface area contributed by atoms with Gasteiger partial charge in [0, 0.05) is 7.05 Å². The van der Waals surface area contributed by atoms with Crippen LogP contribution in [0.3, 0.4) is 0 Å². The number of nitrogens with zero attached hydrogens (tertiary/aromatic N) is 3. The van der Waals surface area contributed by atoms with Crippen molar-refractivity contribution in [2.45, 2.75) is 6.61 Å². The predicted octanol–water partition coefficient (Wildman–Crippen LogP) is 2.72. The zero-order valence-electron chi connectivity index (χ0n) is 14.6. The molecule has 0 aliphatic carbocycles. The van der Waals surface area contributed by atoms with Crippen LogP contribution in [0.2, 0.25) is 0 Å². The molecule has 27 heavy (non-hydrogen) atoms.